The zero-order chi connectivity index (χ0) is 13.8. The topological polar surface area (TPSA) is 34.9 Å². The Balaban J connectivity index is 2.07. The number of benzene rings is 1. The monoisotopic (exact) mass is 256 g/mol. The van der Waals surface area contributed by atoms with Crippen LogP contribution in [0.4, 0.5) is 0 Å². The smallest absolute Gasteiger partial charge is 0.167 e. The molecule has 100 valence electrons. The van der Waals surface area contributed by atoms with E-state index in [0.717, 1.165) is 17.7 Å². The first kappa shape index (κ1) is 13.5. The number of aryl methyl sites for hydroxylation is 1. The normalized spacial score (nSPS) is 10.9. The van der Waals surface area contributed by atoms with Gasteiger partial charge in [-0.05, 0) is 24.0 Å². The number of hydrogen-bond donors (Lipinski definition) is 0. The Morgan fingerprint density at radius 2 is 1.95 bits per heavy atom. The van der Waals surface area contributed by atoms with Crippen LogP contribution in [-0.4, -0.2) is 15.6 Å². The summed E-state index contributed by atoms with van der Waals surface area (Å²) in [4.78, 5) is 12.2. The predicted molar refractivity (Wildman–Crippen MR) is 76.5 cm³/mol. The van der Waals surface area contributed by atoms with E-state index in [4.69, 9.17) is 0 Å². The number of hydrogen-bond acceptors (Lipinski definition) is 2. The van der Waals surface area contributed by atoms with Crippen LogP contribution in [0, 0.1) is 0 Å². The van der Waals surface area contributed by atoms with Crippen LogP contribution in [0.3, 0.4) is 0 Å². The van der Waals surface area contributed by atoms with Crippen molar-refractivity contribution >= 4 is 5.78 Å². The highest BCUT2D eigenvalue weighted by Crippen LogP contribution is 2.15. The van der Waals surface area contributed by atoms with Crippen molar-refractivity contribution in [3.05, 3.63) is 53.3 Å². The van der Waals surface area contributed by atoms with Crippen molar-refractivity contribution in [1.29, 1.82) is 0 Å². The lowest BCUT2D eigenvalue weighted by Gasteiger charge is -2.06. The van der Waals surface area contributed by atoms with Crippen molar-refractivity contribution in [2.24, 2.45) is 0 Å². The summed E-state index contributed by atoms with van der Waals surface area (Å²) >= 11 is 0. The minimum Gasteiger partial charge on any atom is -0.294 e. The van der Waals surface area contributed by atoms with Gasteiger partial charge >= 0.3 is 0 Å². The summed E-state index contributed by atoms with van der Waals surface area (Å²) < 4.78 is 1.84. The van der Waals surface area contributed by atoms with Crippen molar-refractivity contribution in [3.63, 3.8) is 0 Å². The van der Waals surface area contributed by atoms with Gasteiger partial charge < -0.3 is 0 Å². The van der Waals surface area contributed by atoms with Gasteiger partial charge in [-0.15, -0.1) is 0 Å². The van der Waals surface area contributed by atoms with E-state index in [1.165, 1.54) is 5.56 Å². The van der Waals surface area contributed by atoms with E-state index in [9.17, 15) is 4.79 Å². The molecule has 1 aromatic carbocycles. The third-order valence-corrected chi connectivity index (χ3v) is 3.27. The zero-order valence-electron chi connectivity index (χ0n) is 11.8. The van der Waals surface area contributed by atoms with Gasteiger partial charge in [0.1, 0.15) is 0 Å². The second kappa shape index (κ2) is 5.83. The first-order valence-electron chi connectivity index (χ1n) is 6.74. The van der Waals surface area contributed by atoms with Crippen LogP contribution in [0.2, 0.25) is 0 Å². The molecular formula is C16H20N2O. The van der Waals surface area contributed by atoms with Crippen LogP contribution in [-0.2, 0) is 13.0 Å². The van der Waals surface area contributed by atoms with Gasteiger partial charge in [-0.2, -0.15) is 5.10 Å². The maximum Gasteiger partial charge on any atom is 0.167 e. The van der Waals surface area contributed by atoms with Gasteiger partial charge in [0, 0.05) is 24.7 Å². The molecule has 19 heavy (non-hydrogen) atoms. The minimum atomic E-state index is 0.144. The van der Waals surface area contributed by atoms with Gasteiger partial charge in [-0.1, -0.05) is 38.1 Å². The highest BCUT2D eigenvalue weighted by atomic mass is 16.1. The summed E-state index contributed by atoms with van der Waals surface area (Å²) in [6, 6.07) is 7.91. The third-order valence-electron chi connectivity index (χ3n) is 3.27. The summed E-state index contributed by atoms with van der Waals surface area (Å²) in [6.45, 7) is 7.16. The fourth-order valence-electron chi connectivity index (χ4n) is 2.01. The number of Topliss-reactive ketones (excluding diaryl/α,β-unsaturated/α-hetero) is 1. The largest absolute Gasteiger partial charge is 0.294 e. The van der Waals surface area contributed by atoms with Crippen LogP contribution in [0.25, 0.3) is 0 Å². The predicted octanol–water partition coefficient (Wildman–Crippen LogP) is 3.45. The van der Waals surface area contributed by atoms with Crippen LogP contribution < -0.4 is 0 Å². The second-order valence-electron chi connectivity index (χ2n) is 5.08. The lowest BCUT2D eigenvalue weighted by atomic mass is 9.99. The number of carbonyl (C=O) groups excluding carboxylic acids is 1. The van der Waals surface area contributed by atoms with E-state index in [-0.39, 0.29) is 5.78 Å². The molecular weight excluding hydrogens is 236 g/mol. The van der Waals surface area contributed by atoms with E-state index in [2.05, 4.69) is 18.9 Å². The van der Waals surface area contributed by atoms with E-state index >= 15 is 0 Å². The number of rotatable bonds is 5. The lowest BCUT2D eigenvalue weighted by Crippen LogP contribution is -2.03. The summed E-state index contributed by atoms with van der Waals surface area (Å²) in [5, 5.41) is 4.18. The Hall–Kier alpha value is -1.90. The molecule has 3 heteroatoms. The zero-order valence-corrected chi connectivity index (χ0v) is 11.8. The summed E-state index contributed by atoms with van der Waals surface area (Å²) in [7, 11) is 0. The average Bonchev–Trinajstić information content (AvgIpc) is 2.86. The highest BCUT2D eigenvalue weighted by molar-refractivity contribution is 5.97. The Morgan fingerprint density at radius 3 is 2.47 bits per heavy atom. The quantitative estimate of drug-likeness (QED) is 0.768. The molecule has 0 unspecified atom stereocenters. The molecule has 2 aromatic rings. The first-order chi connectivity index (χ1) is 9.10. The number of carbonyl (C=O) groups is 1. The Kier molecular flexibility index (Phi) is 4.15. The molecule has 1 heterocycles. The molecule has 0 bridgehead atoms. The van der Waals surface area contributed by atoms with Gasteiger partial charge in [0.2, 0.25) is 0 Å². The molecule has 1 aromatic heterocycles. The number of ketones is 1. The average molecular weight is 256 g/mol. The molecule has 0 amide bonds. The fourth-order valence-corrected chi connectivity index (χ4v) is 2.01. The summed E-state index contributed by atoms with van der Waals surface area (Å²) in [6.07, 6.45) is 4.12. The molecule has 0 aliphatic heterocycles. The lowest BCUT2D eigenvalue weighted by molar-refractivity contribution is 0.0993. The van der Waals surface area contributed by atoms with Gasteiger partial charge in [0.05, 0.1) is 6.20 Å². The van der Waals surface area contributed by atoms with Crippen LogP contribution in [0.15, 0.2) is 36.7 Å². The molecule has 0 N–H and O–H groups in total. The molecule has 0 saturated heterocycles. The van der Waals surface area contributed by atoms with Crippen LogP contribution >= 0.6 is 0 Å². The van der Waals surface area contributed by atoms with Gasteiger partial charge in [0.15, 0.2) is 5.78 Å². The second-order valence-corrected chi connectivity index (χ2v) is 5.08. The molecule has 0 radical (unpaired) electrons. The fraction of sp³-hybridized carbons (Fsp3) is 0.375. The summed E-state index contributed by atoms with van der Waals surface area (Å²) in [5.74, 6) is 0.637. The van der Waals surface area contributed by atoms with Gasteiger partial charge in [0.25, 0.3) is 0 Å². The molecule has 3 nitrogen and oxygen atoms in total. The van der Waals surface area contributed by atoms with E-state index in [1.54, 1.807) is 6.20 Å². The maximum atomic E-state index is 12.2. The highest BCUT2D eigenvalue weighted by Gasteiger charge is 2.09. The third kappa shape index (κ3) is 3.31. The van der Waals surface area contributed by atoms with E-state index in [0.29, 0.717) is 12.3 Å². The van der Waals surface area contributed by atoms with Crippen molar-refractivity contribution < 1.29 is 4.79 Å². The molecule has 0 fully saturated rings. The number of nitrogens with zero attached hydrogens (tertiary/aromatic N) is 2. The SMILES string of the molecule is CCn1cc(CC(=O)c2ccc(C(C)C)cc2)cn1. The van der Waals surface area contributed by atoms with Crippen molar-refractivity contribution in [2.75, 3.05) is 0 Å². The van der Waals surface area contributed by atoms with Crippen molar-refractivity contribution in [2.45, 2.75) is 39.7 Å². The Labute approximate surface area is 114 Å². The number of aromatic nitrogens is 2. The van der Waals surface area contributed by atoms with E-state index < -0.39 is 0 Å². The standard InChI is InChI=1S/C16H20N2O/c1-4-18-11-13(10-17-18)9-16(19)15-7-5-14(6-8-15)12(2)3/h5-8,10-12H,4,9H2,1-3H3. The van der Waals surface area contributed by atoms with Crippen molar-refractivity contribution in [1.82, 2.24) is 9.78 Å². The van der Waals surface area contributed by atoms with E-state index in [1.807, 2.05) is 42.1 Å². The summed E-state index contributed by atoms with van der Waals surface area (Å²) in [5.41, 5.74) is 3.00. The maximum absolute atomic E-state index is 12.2. The van der Waals surface area contributed by atoms with Gasteiger partial charge in [-0.25, -0.2) is 0 Å². The minimum absolute atomic E-state index is 0.144. The molecule has 0 saturated carbocycles. The van der Waals surface area contributed by atoms with Gasteiger partial charge in [-0.3, -0.25) is 9.48 Å². The molecule has 0 aliphatic rings. The first-order valence-corrected chi connectivity index (χ1v) is 6.74. The molecule has 0 atom stereocenters. The van der Waals surface area contributed by atoms with Crippen LogP contribution in [0.1, 0.15) is 48.2 Å². The molecule has 0 aliphatic carbocycles. The Morgan fingerprint density at radius 1 is 1.26 bits per heavy atom. The van der Waals surface area contributed by atoms with Crippen molar-refractivity contribution in [3.8, 4) is 0 Å². The molecule has 2 rings (SSSR count). The molecule has 0 spiro atoms. The Bertz CT molecular complexity index is 552. The van der Waals surface area contributed by atoms with Crippen LogP contribution in [0.5, 0.6) is 0 Å².